The monoisotopic (exact) mass is 420 g/mol. The predicted octanol–water partition coefficient (Wildman–Crippen LogP) is 1.80. The summed E-state index contributed by atoms with van der Waals surface area (Å²) in [6.07, 6.45) is -3.11. The van der Waals surface area contributed by atoms with Gasteiger partial charge in [0.1, 0.15) is 6.04 Å². The van der Waals surface area contributed by atoms with Gasteiger partial charge >= 0.3 is 6.18 Å². The zero-order valence-electron chi connectivity index (χ0n) is 15.3. The summed E-state index contributed by atoms with van der Waals surface area (Å²) in [5.74, 6) is -0.519. The van der Waals surface area contributed by atoms with Gasteiger partial charge in [-0.2, -0.15) is 13.2 Å². The van der Waals surface area contributed by atoms with Crippen molar-refractivity contribution in [3.8, 4) is 0 Å². The van der Waals surface area contributed by atoms with Crippen molar-refractivity contribution < 1.29 is 22.8 Å². The van der Waals surface area contributed by atoms with E-state index in [9.17, 15) is 22.8 Å². The fraction of sp³-hybridized carbons (Fsp3) is 0.556. The molecule has 2 N–H and O–H groups in total. The first-order valence-electron chi connectivity index (χ1n) is 9.06. The van der Waals surface area contributed by atoms with Crippen LogP contribution in [0.3, 0.4) is 0 Å². The molecule has 1 aromatic rings. The molecule has 156 valence electrons. The Morgan fingerprint density at radius 2 is 1.79 bits per heavy atom. The van der Waals surface area contributed by atoms with E-state index >= 15 is 0 Å². The van der Waals surface area contributed by atoms with Crippen LogP contribution in [0.4, 0.5) is 18.9 Å². The van der Waals surface area contributed by atoms with E-state index in [1.165, 1.54) is 17.0 Å². The van der Waals surface area contributed by atoms with Crippen molar-refractivity contribution in [3.05, 3.63) is 29.8 Å². The molecule has 1 atom stereocenters. The van der Waals surface area contributed by atoms with E-state index < -0.39 is 24.7 Å². The summed E-state index contributed by atoms with van der Waals surface area (Å²) in [5, 5.41) is 5.42. The highest BCUT2D eigenvalue weighted by Gasteiger charge is 2.43. The van der Waals surface area contributed by atoms with Crippen LogP contribution in [-0.2, 0) is 4.79 Å². The summed E-state index contributed by atoms with van der Waals surface area (Å²) < 4.78 is 40.1. The molecule has 2 amide bonds. The van der Waals surface area contributed by atoms with Gasteiger partial charge in [0.2, 0.25) is 5.91 Å². The van der Waals surface area contributed by atoms with E-state index in [-0.39, 0.29) is 23.9 Å². The molecule has 0 radical (unpaired) electrons. The van der Waals surface area contributed by atoms with Crippen molar-refractivity contribution in [2.45, 2.75) is 25.1 Å². The lowest BCUT2D eigenvalue weighted by atomic mass is 10.1. The van der Waals surface area contributed by atoms with Crippen molar-refractivity contribution in [3.63, 3.8) is 0 Å². The van der Waals surface area contributed by atoms with Crippen LogP contribution in [0.15, 0.2) is 24.3 Å². The van der Waals surface area contributed by atoms with Crippen LogP contribution in [0.5, 0.6) is 0 Å². The average molecular weight is 421 g/mol. The number of halogens is 4. The van der Waals surface area contributed by atoms with Crippen LogP contribution in [0.2, 0.25) is 0 Å². The van der Waals surface area contributed by atoms with Gasteiger partial charge in [-0.25, -0.2) is 0 Å². The van der Waals surface area contributed by atoms with Gasteiger partial charge in [-0.15, -0.1) is 12.4 Å². The van der Waals surface area contributed by atoms with E-state index in [1.807, 2.05) is 0 Å². The first-order valence-corrected chi connectivity index (χ1v) is 9.06. The van der Waals surface area contributed by atoms with Crippen molar-refractivity contribution in [2.75, 3.05) is 44.2 Å². The van der Waals surface area contributed by atoms with Gasteiger partial charge in [-0.1, -0.05) is 0 Å². The summed E-state index contributed by atoms with van der Waals surface area (Å²) in [6, 6.07) is 4.66. The normalized spacial score (nSPS) is 19.2. The predicted molar refractivity (Wildman–Crippen MR) is 102 cm³/mol. The molecule has 3 rings (SSSR count). The Labute approximate surface area is 167 Å². The van der Waals surface area contributed by atoms with Gasteiger partial charge in [0.15, 0.2) is 0 Å². The Kier molecular flexibility index (Phi) is 7.68. The molecule has 0 aromatic heterocycles. The third kappa shape index (κ3) is 5.36. The molecule has 1 unspecified atom stereocenters. The second-order valence-corrected chi connectivity index (χ2v) is 6.75. The number of amides is 2. The number of carbonyl (C=O) groups excluding carboxylic acids is 2. The van der Waals surface area contributed by atoms with Crippen LogP contribution in [-0.4, -0.2) is 68.2 Å². The molecule has 0 spiro atoms. The van der Waals surface area contributed by atoms with Gasteiger partial charge in [-0.05, 0) is 30.7 Å². The standard InChI is InChI=1S/C18H23F3N4O2.ClH/c19-18(20,21)15(24-10-7-22-8-11-24)12-23-17(27)13-3-5-14(6-4-13)25-9-1-2-16(25)26;/h3-6,15,22H,1-2,7-12H2,(H,23,27);1H. The maximum atomic E-state index is 13.4. The SMILES string of the molecule is Cl.O=C(NCC(N1CCNCC1)C(F)(F)F)c1ccc(N2CCCC2=O)cc1. The molecule has 10 heteroatoms. The quantitative estimate of drug-likeness (QED) is 0.762. The van der Waals surface area contributed by atoms with E-state index in [2.05, 4.69) is 10.6 Å². The van der Waals surface area contributed by atoms with Crippen LogP contribution in [0.25, 0.3) is 0 Å². The fourth-order valence-electron chi connectivity index (χ4n) is 3.45. The molecule has 1 aromatic carbocycles. The number of hydrogen-bond donors (Lipinski definition) is 2. The highest BCUT2D eigenvalue weighted by atomic mass is 35.5. The Morgan fingerprint density at radius 3 is 2.32 bits per heavy atom. The number of carbonyl (C=O) groups is 2. The maximum Gasteiger partial charge on any atom is 0.405 e. The van der Waals surface area contributed by atoms with E-state index in [1.54, 1.807) is 17.0 Å². The molecule has 2 heterocycles. The smallest absolute Gasteiger partial charge is 0.350 e. The van der Waals surface area contributed by atoms with E-state index in [4.69, 9.17) is 0 Å². The first kappa shape index (κ1) is 22.4. The molecule has 6 nitrogen and oxygen atoms in total. The van der Waals surface area contributed by atoms with Crippen LogP contribution < -0.4 is 15.5 Å². The van der Waals surface area contributed by atoms with Crippen molar-refractivity contribution in [1.82, 2.24) is 15.5 Å². The number of rotatable bonds is 5. The Hall–Kier alpha value is -1.84. The minimum atomic E-state index is -4.41. The molecule has 2 aliphatic rings. The third-order valence-electron chi connectivity index (χ3n) is 4.94. The van der Waals surface area contributed by atoms with Gasteiger partial charge in [0.05, 0.1) is 0 Å². The largest absolute Gasteiger partial charge is 0.405 e. The molecule has 0 saturated carbocycles. The highest BCUT2D eigenvalue weighted by Crippen LogP contribution is 2.25. The number of nitrogens with one attached hydrogen (secondary N) is 2. The number of alkyl halides is 3. The summed E-state index contributed by atoms with van der Waals surface area (Å²) in [5.41, 5.74) is 0.967. The van der Waals surface area contributed by atoms with Crippen molar-refractivity contribution >= 4 is 29.9 Å². The summed E-state index contributed by atoms with van der Waals surface area (Å²) in [6.45, 7) is 1.72. The number of piperazine rings is 1. The van der Waals surface area contributed by atoms with Crippen LogP contribution in [0, 0.1) is 0 Å². The molecule has 28 heavy (non-hydrogen) atoms. The minimum Gasteiger partial charge on any atom is -0.350 e. The Bertz CT molecular complexity index is 678. The van der Waals surface area contributed by atoms with Gasteiger partial charge in [0, 0.05) is 56.9 Å². The third-order valence-corrected chi connectivity index (χ3v) is 4.94. The van der Waals surface area contributed by atoms with Gasteiger partial charge in [0.25, 0.3) is 5.91 Å². The average Bonchev–Trinajstić information content (AvgIpc) is 3.07. The van der Waals surface area contributed by atoms with E-state index in [0.29, 0.717) is 44.8 Å². The molecule has 2 saturated heterocycles. The number of nitrogens with zero attached hydrogens (tertiary/aromatic N) is 2. The maximum absolute atomic E-state index is 13.4. The lowest BCUT2D eigenvalue weighted by Gasteiger charge is -2.35. The summed E-state index contributed by atoms with van der Waals surface area (Å²) in [7, 11) is 0. The van der Waals surface area contributed by atoms with E-state index in [0.717, 1.165) is 6.42 Å². The molecule has 0 aliphatic carbocycles. The second kappa shape index (κ2) is 9.58. The Balaban J connectivity index is 0.00000280. The number of benzene rings is 1. The van der Waals surface area contributed by atoms with Gasteiger partial charge in [-0.3, -0.25) is 14.5 Å². The van der Waals surface area contributed by atoms with Gasteiger partial charge < -0.3 is 15.5 Å². The zero-order chi connectivity index (χ0) is 19.4. The Morgan fingerprint density at radius 1 is 1.14 bits per heavy atom. The number of hydrogen-bond acceptors (Lipinski definition) is 4. The molecule has 2 fully saturated rings. The lowest BCUT2D eigenvalue weighted by Crippen LogP contribution is -2.57. The van der Waals surface area contributed by atoms with Crippen LogP contribution >= 0.6 is 12.4 Å². The molecular formula is C18H24ClF3N4O2. The minimum absolute atomic E-state index is 0. The summed E-state index contributed by atoms with van der Waals surface area (Å²) in [4.78, 5) is 27.0. The molecular weight excluding hydrogens is 397 g/mol. The topological polar surface area (TPSA) is 64.7 Å². The highest BCUT2D eigenvalue weighted by molar-refractivity contribution is 5.97. The second-order valence-electron chi connectivity index (χ2n) is 6.75. The lowest BCUT2D eigenvalue weighted by molar-refractivity contribution is -0.183. The molecule has 2 aliphatic heterocycles. The number of anilines is 1. The fourth-order valence-corrected chi connectivity index (χ4v) is 3.45. The van der Waals surface area contributed by atoms with Crippen molar-refractivity contribution in [1.29, 1.82) is 0 Å². The summed E-state index contributed by atoms with van der Waals surface area (Å²) >= 11 is 0. The first-order chi connectivity index (χ1) is 12.9. The van der Waals surface area contributed by atoms with Crippen LogP contribution in [0.1, 0.15) is 23.2 Å². The zero-order valence-corrected chi connectivity index (χ0v) is 16.1. The van der Waals surface area contributed by atoms with Crippen molar-refractivity contribution in [2.24, 2.45) is 0 Å². The molecule has 0 bridgehead atoms.